The van der Waals surface area contributed by atoms with Crippen molar-refractivity contribution in [3.8, 4) is 5.75 Å². The summed E-state index contributed by atoms with van der Waals surface area (Å²) in [6.07, 6.45) is 0.271. The summed E-state index contributed by atoms with van der Waals surface area (Å²) >= 11 is 0. The highest BCUT2D eigenvalue weighted by Gasteiger charge is 2.38. The van der Waals surface area contributed by atoms with Crippen molar-refractivity contribution < 1.29 is 14.3 Å². The lowest BCUT2D eigenvalue weighted by molar-refractivity contribution is -0.136. The fraction of sp³-hybridized carbons (Fsp3) is 0.417. The number of anilines is 2. The highest BCUT2D eigenvalue weighted by atomic mass is 16.5. The second-order valence-corrected chi connectivity index (χ2v) is 8.14. The van der Waals surface area contributed by atoms with E-state index in [-0.39, 0.29) is 24.2 Å². The molecule has 0 N–H and O–H groups in total. The Morgan fingerprint density at radius 2 is 1.77 bits per heavy atom. The van der Waals surface area contributed by atoms with Crippen LogP contribution < -0.4 is 14.5 Å². The third-order valence-electron chi connectivity index (χ3n) is 6.35. The van der Waals surface area contributed by atoms with Gasteiger partial charge < -0.3 is 19.4 Å². The molecule has 2 saturated heterocycles. The zero-order chi connectivity index (χ0) is 21.3. The predicted octanol–water partition coefficient (Wildman–Crippen LogP) is 3.01. The lowest BCUT2D eigenvalue weighted by Crippen LogP contribution is -2.51. The van der Waals surface area contributed by atoms with E-state index in [4.69, 9.17) is 4.74 Å². The summed E-state index contributed by atoms with van der Waals surface area (Å²) in [6, 6.07) is 13.8. The molecule has 0 spiro atoms. The highest BCUT2D eigenvalue weighted by molar-refractivity contribution is 6.00. The van der Waals surface area contributed by atoms with Gasteiger partial charge in [0.1, 0.15) is 5.75 Å². The first-order chi connectivity index (χ1) is 14.5. The van der Waals surface area contributed by atoms with Crippen LogP contribution in [-0.4, -0.2) is 56.5 Å². The summed E-state index contributed by atoms with van der Waals surface area (Å²) < 4.78 is 5.26. The van der Waals surface area contributed by atoms with Gasteiger partial charge in [-0.15, -0.1) is 0 Å². The molecule has 2 aliphatic rings. The molecule has 0 aromatic heterocycles. The van der Waals surface area contributed by atoms with Crippen molar-refractivity contribution in [2.24, 2.45) is 5.92 Å². The standard InChI is InChI=1S/C24H29N3O3/c1-17-6-4-9-22(18(17)2)25-10-12-26(13-11-25)24(29)19-14-23(28)27(16-19)20-7-5-8-21(15-20)30-3/h4-9,15,19H,10-14,16H2,1-3H3/t19-/m1/s1. The summed E-state index contributed by atoms with van der Waals surface area (Å²) in [5.74, 6) is 0.513. The molecule has 2 fully saturated rings. The molecule has 0 saturated carbocycles. The first kappa shape index (κ1) is 20.3. The van der Waals surface area contributed by atoms with Crippen molar-refractivity contribution in [3.05, 3.63) is 53.6 Å². The van der Waals surface area contributed by atoms with Gasteiger partial charge in [-0.3, -0.25) is 9.59 Å². The minimum absolute atomic E-state index is 0.00405. The van der Waals surface area contributed by atoms with E-state index in [0.29, 0.717) is 25.4 Å². The molecular formula is C24H29N3O3. The predicted molar refractivity (Wildman–Crippen MR) is 118 cm³/mol. The number of rotatable bonds is 4. The molecule has 0 bridgehead atoms. The van der Waals surface area contributed by atoms with E-state index in [1.807, 2.05) is 29.2 Å². The van der Waals surface area contributed by atoms with Crippen molar-refractivity contribution in [1.29, 1.82) is 0 Å². The zero-order valence-electron chi connectivity index (χ0n) is 17.9. The third kappa shape index (κ3) is 3.86. The molecule has 1 atom stereocenters. The van der Waals surface area contributed by atoms with Crippen LogP contribution in [0.3, 0.4) is 0 Å². The van der Waals surface area contributed by atoms with Crippen molar-refractivity contribution >= 4 is 23.2 Å². The summed E-state index contributed by atoms with van der Waals surface area (Å²) in [7, 11) is 1.61. The van der Waals surface area contributed by atoms with Crippen LogP contribution in [0.5, 0.6) is 5.75 Å². The summed E-state index contributed by atoms with van der Waals surface area (Å²) in [6.45, 7) is 7.73. The van der Waals surface area contributed by atoms with Crippen LogP contribution >= 0.6 is 0 Å². The second kappa shape index (κ2) is 8.38. The van der Waals surface area contributed by atoms with Gasteiger partial charge >= 0.3 is 0 Å². The average molecular weight is 408 g/mol. The molecule has 2 aromatic rings. The number of carbonyl (C=O) groups is 2. The van der Waals surface area contributed by atoms with Crippen molar-refractivity contribution in [2.45, 2.75) is 20.3 Å². The summed E-state index contributed by atoms with van der Waals surface area (Å²) in [4.78, 5) is 31.7. The first-order valence-corrected chi connectivity index (χ1v) is 10.5. The molecule has 6 heteroatoms. The third-order valence-corrected chi connectivity index (χ3v) is 6.35. The maximum atomic E-state index is 13.1. The first-order valence-electron chi connectivity index (χ1n) is 10.5. The zero-order valence-corrected chi connectivity index (χ0v) is 17.9. The second-order valence-electron chi connectivity index (χ2n) is 8.14. The molecule has 2 amide bonds. The van der Waals surface area contributed by atoms with Crippen LogP contribution in [-0.2, 0) is 9.59 Å². The number of ether oxygens (including phenoxy) is 1. The van der Waals surface area contributed by atoms with Gasteiger partial charge in [-0.2, -0.15) is 0 Å². The molecular weight excluding hydrogens is 378 g/mol. The molecule has 0 aliphatic carbocycles. The lowest BCUT2D eigenvalue weighted by atomic mass is 10.1. The number of amides is 2. The van der Waals surface area contributed by atoms with Crippen LogP contribution in [0.4, 0.5) is 11.4 Å². The van der Waals surface area contributed by atoms with Crippen LogP contribution in [0.2, 0.25) is 0 Å². The normalized spacial score (nSPS) is 19.4. The Morgan fingerprint density at radius 1 is 1.03 bits per heavy atom. The van der Waals surface area contributed by atoms with Crippen LogP contribution in [0.25, 0.3) is 0 Å². The number of methoxy groups -OCH3 is 1. The Labute approximate surface area is 178 Å². The largest absolute Gasteiger partial charge is 0.497 e. The number of hydrogen-bond donors (Lipinski definition) is 0. The average Bonchev–Trinajstić information content (AvgIpc) is 3.17. The Bertz CT molecular complexity index is 950. The Morgan fingerprint density at radius 3 is 2.50 bits per heavy atom. The van der Waals surface area contributed by atoms with Gasteiger partial charge in [0.15, 0.2) is 0 Å². The quantitative estimate of drug-likeness (QED) is 0.782. The molecule has 0 unspecified atom stereocenters. The maximum Gasteiger partial charge on any atom is 0.228 e. The molecule has 0 radical (unpaired) electrons. The fourth-order valence-corrected chi connectivity index (χ4v) is 4.41. The smallest absolute Gasteiger partial charge is 0.228 e. The van der Waals surface area contributed by atoms with Gasteiger partial charge in [0.05, 0.1) is 13.0 Å². The molecule has 30 heavy (non-hydrogen) atoms. The van der Waals surface area contributed by atoms with Gasteiger partial charge in [0.2, 0.25) is 11.8 Å². The Kier molecular flexibility index (Phi) is 5.66. The highest BCUT2D eigenvalue weighted by Crippen LogP contribution is 2.29. The van der Waals surface area contributed by atoms with E-state index in [0.717, 1.165) is 18.8 Å². The number of aryl methyl sites for hydroxylation is 1. The van der Waals surface area contributed by atoms with E-state index in [2.05, 4.69) is 36.9 Å². The monoisotopic (exact) mass is 407 g/mol. The van der Waals surface area contributed by atoms with E-state index in [1.165, 1.54) is 16.8 Å². The van der Waals surface area contributed by atoms with Gasteiger partial charge in [0, 0.05) is 56.6 Å². The molecule has 4 rings (SSSR count). The van der Waals surface area contributed by atoms with E-state index >= 15 is 0 Å². The number of hydrogen-bond acceptors (Lipinski definition) is 4. The van der Waals surface area contributed by atoms with Crippen LogP contribution in [0.1, 0.15) is 17.5 Å². The SMILES string of the molecule is COc1cccc(N2C[C@H](C(=O)N3CCN(c4cccc(C)c4C)CC3)CC2=O)c1. The van der Waals surface area contributed by atoms with Crippen molar-refractivity contribution in [2.75, 3.05) is 49.6 Å². The Balaban J connectivity index is 1.39. The Hall–Kier alpha value is -3.02. The van der Waals surface area contributed by atoms with Crippen molar-refractivity contribution in [3.63, 3.8) is 0 Å². The molecule has 2 heterocycles. The van der Waals surface area contributed by atoms with Gasteiger partial charge in [-0.1, -0.05) is 18.2 Å². The molecule has 158 valence electrons. The van der Waals surface area contributed by atoms with Gasteiger partial charge in [-0.05, 0) is 43.2 Å². The summed E-state index contributed by atoms with van der Waals surface area (Å²) in [5.41, 5.74) is 4.62. The lowest BCUT2D eigenvalue weighted by Gasteiger charge is -2.38. The number of nitrogens with zero attached hydrogens (tertiary/aromatic N) is 3. The number of piperazine rings is 1. The number of benzene rings is 2. The summed E-state index contributed by atoms with van der Waals surface area (Å²) in [5, 5.41) is 0. The molecule has 6 nitrogen and oxygen atoms in total. The van der Waals surface area contributed by atoms with Crippen molar-refractivity contribution in [1.82, 2.24) is 4.90 Å². The number of carbonyl (C=O) groups excluding carboxylic acids is 2. The van der Waals surface area contributed by atoms with E-state index in [1.54, 1.807) is 12.0 Å². The van der Waals surface area contributed by atoms with Gasteiger partial charge in [-0.25, -0.2) is 0 Å². The van der Waals surface area contributed by atoms with E-state index < -0.39 is 0 Å². The van der Waals surface area contributed by atoms with E-state index in [9.17, 15) is 9.59 Å². The van der Waals surface area contributed by atoms with Crippen LogP contribution in [0.15, 0.2) is 42.5 Å². The molecule has 2 aromatic carbocycles. The van der Waals surface area contributed by atoms with Gasteiger partial charge in [0.25, 0.3) is 0 Å². The minimum atomic E-state index is -0.282. The topological polar surface area (TPSA) is 53.1 Å². The minimum Gasteiger partial charge on any atom is -0.497 e. The molecule has 2 aliphatic heterocycles. The fourth-order valence-electron chi connectivity index (χ4n) is 4.41. The van der Waals surface area contributed by atoms with Crippen LogP contribution in [0, 0.1) is 19.8 Å². The maximum absolute atomic E-state index is 13.1.